The minimum absolute atomic E-state index is 0.173. The predicted molar refractivity (Wildman–Crippen MR) is 118 cm³/mol. The van der Waals surface area contributed by atoms with Gasteiger partial charge in [-0.25, -0.2) is 9.97 Å². The number of thiazole rings is 1. The number of likely N-dealkylation sites (N-methyl/N-ethyl adjacent to an activating group) is 1. The number of likely N-dealkylation sites (tertiary alicyclic amines) is 1. The Morgan fingerprint density at radius 2 is 1.93 bits per heavy atom. The third-order valence-electron chi connectivity index (χ3n) is 5.16. The van der Waals surface area contributed by atoms with E-state index >= 15 is 0 Å². The van der Waals surface area contributed by atoms with Gasteiger partial charge < -0.3 is 15.5 Å². The summed E-state index contributed by atoms with van der Waals surface area (Å²) in [6.45, 7) is 1.98. The van der Waals surface area contributed by atoms with Crippen LogP contribution in [0.25, 0.3) is 10.4 Å². The van der Waals surface area contributed by atoms with Gasteiger partial charge in [0.2, 0.25) is 5.91 Å². The largest absolute Gasteiger partial charge is 0.342 e. The van der Waals surface area contributed by atoms with Crippen LogP contribution in [-0.2, 0) is 4.79 Å². The zero-order valence-electron chi connectivity index (χ0n) is 16.5. The lowest BCUT2D eigenvalue weighted by Gasteiger charge is -2.31. The quantitative estimate of drug-likeness (QED) is 0.649. The number of hydrogen-bond donors (Lipinski definition) is 2. The van der Waals surface area contributed by atoms with Gasteiger partial charge >= 0.3 is 0 Å². The van der Waals surface area contributed by atoms with E-state index in [1.54, 1.807) is 18.4 Å². The van der Waals surface area contributed by atoms with Gasteiger partial charge in [-0.3, -0.25) is 4.79 Å². The third-order valence-corrected chi connectivity index (χ3v) is 6.13. The maximum Gasteiger partial charge on any atom is 0.236 e. The lowest BCUT2D eigenvalue weighted by Crippen LogP contribution is -2.42. The molecule has 6 nitrogen and oxygen atoms in total. The van der Waals surface area contributed by atoms with E-state index in [0.29, 0.717) is 12.5 Å². The molecule has 1 amide bonds. The van der Waals surface area contributed by atoms with E-state index in [2.05, 4.69) is 33.8 Å². The van der Waals surface area contributed by atoms with E-state index < -0.39 is 0 Å². The molecule has 2 N–H and O–H groups in total. The highest BCUT2D eigenvalue weighted by Gasteiger charge is 2.24. The van der Waals surface area contributed by atoms with Crippen molar-refractivity contribution in [2.45, 2.75) is 18.8 Å². The van der Waals surface area contributed by atoms with Crippen LogP contribution < -0.4 is 10.6 Å². The van der Waals surface area contributed by atoms with Gasteiger partial charge in [0, 0.05) is 30.9 Å². The lowest BCUT2D eigenvalue weighted by molar-refractivity contribution is -0.131. The van der Waals surface area contributed by atoms with E-state index in [-0.39, 0.29) is 5.91 Å². The van der Waals surface area contributed by atoms with Gasteiger partial charge in [-0.1, -0.05) is 47.7 Å². The van der Waals surface area contributed by atoms with Gasteiger partial charge in [-0.2, -0.15) is 0 Å². The van der Waals surface area contributed by atoms with Crippen LogP contribution in [0.1, 0.15) is 24.5 Å². The first-order valence-electron chi connectivity index (χ1n) is 9.90. The Balaban J connectivity index is 1.40. The molecular formula is C22H25N5OS. The lowest BCUT2D eigenvalue weighted by atomic mass is 9.93. The second-order valence-electron chi connectivity index (χ2n) is 7.15. The van der Waals surface area contributed by atoms with E-state index in [4.69, 9.17) is 4.98 Å². The molecule has 1 aliphatic heterocycles. The summed E-state index contributed by atoms with van der Waals surface area (Å²) in [5.74, 6) is 1.36. The number of pyridine rings is 1. The Labute approximate surface area is 175 Å². The van der Waals surface area contributed by atoms with Gasteiger partial charge in [0.25, 0.3) is 0 Å². The van der Waals surface area contributed by atoms with Crippen LogP contribution in [-0.4, -0.2) is 47.5 Å². The van der Waals surface area contributed by atoms with Crippen molar-refractivity contribution in [1.82, 2.24) is 20.2 Å². The number of hydrogen-bond acceptors (Lipinski definition) is 6. The van der Waals surface area contributed by atoms with Crippen molar-refractivity contribution in [2.75, 3.05) is 32.0 Å². The van der Waals surface area contributed by atoms with Gasteiger partial charge in [0.1, 0.15) is 5.82 Å². The van der Waals surface area contributed by atoms with Gasteiger partial charge in [-0.15, -0.1) is 0 Å². The second kappa shape index (κ2) is 9.15. The average molecular weight is 408 g/mol. The molecular weight excluding hydrogens is 382 g/mol. The molecule has 0 spiro atoms. The topological polar surface area (TPSA) is 70.2 Å². The standard InChI is InChI=1S/C22H25N5OS/c1-23-15-21(28)27-12-10-16(11-13-27)18-8-5-9-20(25-18)26-22-24-14-19(29-22)17-6-3-2-4-7-17/h2-9,14,16,23H,10-13,15H2,1H3,(H,24,25,26). The van der Waals surface area contributed by atoms with E-state index in [0.717, 1.165) is 47.5 Å². The Morgan fingerprint density at radius 3 is 2.69 bits per heavy atom. The fourth-order valence-corrected chi connectivity index (χ4v) is 4.44. The smallest absolute Gasteiger partial charge is 0.236 e. The first kappa shape index (κ1) is 19.5. The molecule has 2 aromatic heterocycles. The van der Waals surface area contributed by atoms with Crippen LogP contribution in [0.15, 0.2) is 54.7 Å². The summed E-state index contributed by atoms with van der Waals surface area (Å²) < 4.78 is 0. The minimum Gasteiger partial charge on any atom is -0.342 e. The Morgan fingerprint density at radius 1 is 1.14 bits per heavy atom. The number of piperidine rings is 1. The summed E-state index contributed by atoms with van der Waals surface area (Å²) >= 11 is 1.62. The van der Waals surface area contributed by atoms with Gasteiger partial charge in [-0.05, 0) is 37.6 Å². The zero-order valence-corrected chi connectivity index (χ0v) is 17.3. The van der Waals surface area contributed by atoms with Crippen LogP contribution >= 0.6 is 11.3 Å². The molecule has 29 heavy (non-hydrogen) atoms. The number of rotatable bonds is 6. The van der Waals surface area contributed by atoms with Crippen molar-refractivity contribution in [2.24, 2.45) is 0 Å². The summed E-state index contributed by atoms with van der Waals surface area (Å²) in [7, 11) is 1.80. The molecule has 1 fully saturated rings. The fraction of sp³-hybridized carbons (Fsp3) is 0.318. The molecule has 1 saturated heterocycles. The number of amides is 1. The molecule has 1 aromatic carbocycles. The molecule has 0 bridgehead atoms. The van der Waals surface area contributed by atoms with E-state index in [9.17, 15) is 4.79 Å². The van der Waals surface area contributed by atoms with E-state index in [1.807, 2.05) is 41.4 Å². The number of benzene rings is 1. The summed E-state index contributed by atoms with van der Waals surface area (Å²) in [6, 6.07) is 16.3. The Hall–Kier alpha value is -2.77. The molecule has 150 valence electrons. The first-order chi connectivity index (χ1) is 14.2. The van der Waals surface area contributed by atoms with Crippen LogP contribution in [0.2, 0.25) is 0 Å². The Bertz CT molecular complexity index is 951. The minimum atomic E-state index is 0.173. The predicted octanol–water partition coefficient (Wildman–Crippen LogP) is 3.87. The van der Waals surface area contributed by atoms with Crippen LogP contribution in [0.3, 0.4) is 0 Å². The van der Waals surface area contributed by atoms with Crippen molar-refractivity contribution in [1.29, 1.82) is 0 Å². The summed E-state index contributed by atoms with van der Waals surface area (Å²) in [5.41, 5.74) is 2.25. The normalized spacial score (nSPS) is 14.7. The summed E-state index contributed by atoms with van der Waals surface area (Å²) in [5, 5.41) is 7.11. The number of anilines is 2. The number of nitrogens with zero attached hydrogens (tertiary/aromatic N) is 3. The van der Waals surface area contributed by atoms with Crippen LogP contribution in [0, 0.1) is 0 Å². The molecule has 3 heterocycles. The molecule has 7 heteroatoms. The van der Waals surface area contributed by atoms with Crippen LogP contribution in [0.4, 0.5) is 10.9 Å². The van der Waals surface area contributed by atoms with Crippen LogP contribution in [0.5, 0.6) is 0 Å². The Kier molecular flexibility index (Phi) is 6.17. The van der Waals surface area contributed by atoms with Crippen molar-refractivity contribution < 1.29 is 4.79 Å². The summed E-state index contributed by atoms with van der Waals surface area (Å²) in [4.78, 5) is 24.4. The monoisotopic (exact) mass is 407 g/mol. The molecule has 1 aliphatic rings. The molecule has 0 radical (unpaired) electrons. The van der Waals surface area contributed by atoms with Gasteiger partial charge in [0.15, 0.2) is 5.13 Å². The van der Waals surface area contributed by atoms with Crippen molar-refractivity contribution in [3.05, 3.63) is 60.4 Å². The van der Waals surface area contributed by atoms with Gasteiger partial charge in [0.05, 0.1) is 11.4 Å². The molecule has 0 atom stereocenters. The fourth-order valence-electron chi connectivity index (χ4n) is 3.61. The second-order valence-corrected chi connectivity index (χ2v) is 8.18. The maximum atomic E-state index is 12.0. The third kappa shape index (κ3) is 4.81. The molecule has 0 unspecified atom stereocenters. The number of aromatic nitrogens is 2. The summed E-state index contributed by atoms with van der Waals surface area (Å²) in [6.07, 6.45) is 3.78. The van der Waals surface area contributed by atoms with Crippen molar-refractivity contribution in [3.8, 4) is 10.4 Å². The zero-order chi connectivity index (χ0) is 20.1. The highest BCUT2D eigenvalue weighted by molar-refractivity contribution is 7.18. The maximum absolute atomic E-state index is 12.0. The highest BCUT2D eigenvalue weighted by atomic mass is 32.1. The molecule has 0 saturated carbocycles. The average Bonchev–Trinajstić information content (AvgIpc) is 3.23. The number of carbonyl (C=O) groups is 1. The first-order valence-corrected chi connectivity index (χ1v) is 10.7. The highest BCUT2D eigenvalue weighted by Crippen LogP contribution is 2.31. The van der Waals surface area contributed by atoms with Crippen molar-refractivity contribution in [3.63, 3.8) is 0 Å². The van der Waals surface area contributed by atoms with E-state index in [1.165, 1.54) is 5.56 Å². The van der Waals surface area contributed by atoms with Crippen molar-refractivity contribution >= 4 is 28.2 Å². The number of nitrogens with one attached hydrogen (secondary N) is 2. The number of carbonyl (C=O) groups excluding carboxylic acids is 1. The molecule has 0 aliphatic carbocycles. The molecule has 3 aromatic rings. The molecule has 4 rings (SSSR count). The SMILES string of the molecule is CNCC(=O)N1CCC(c2cccc(Nc3ncc(-c4ccccc4)s3)n2)CC1.